The average molecular weight is 285 g/mol. The van der Waals surface area contributed by atoms with Gasteiger partial charge in [0.2, 0.25) is 0 Å². The summed E-state index contributed by atoms with van der Waals surface area (Å²) in [6.45, 7) is 9.69. The minimum Gasteiger partial charge on any atom is -0.370 e. The van der Waals surface area contributed by atoms with Crippen LogP contribution in [0.3, 0.4) is 0 Å². The molecule has 2 aromatic heterocycles. The van der Waals surface area contributed by atoms with Crippen LogP contribution in [0.25, 0.3) is 0 Å². The van der Waals surface area contributed by atoms with E-state index < -0.39 is 0 Å². The quantitative estimate of drug-likeness (QED) is 0.853. The van der Waals surface area contributed by atoms with E-state index >= 15 is 0 Å². The number of nitrogens with zero attached hydrogens (tertiary/aromatic N) is 3. The number of nitrogens with one attached hydrogen (secondary N) is 2. The highest BCUT2D eigenvalue weighted by atomic mass is 15.1. The summed E-state index contributed by atoms with van der Waals surface area (Å²) in [6, 6.07) is 4.10. The lowest BCUT2D eigenvalue weighted by Gasteiger charge is -2.14. The molecule has 0 unspecified atom stereocenters. The summed E-state index contributed by atoms with van der Waals surface area (Å²) < 4.78 is 0. The topological polar surface area (TPSA) is 62.7 Å². The zero-order valence-corrected chi connectivity index (χ0v) is 13.2. The Bertz CT molecular complexity index is 592. The zero-order valence-electron chi connectivity index (χ0n) is 13.2. The molecule has 5 nitrogen and oxygen atoms in total. The molecule has 0 spiro atoms. The monoisotopic (exact) mass is 285 g/mol. The fourth-order valence-electron chi connectivity index (χ4n) is 2.00. The summed E-state index contributed by atoms with van der Waals surface area (Å²) in [4.78, 5) is 13.3. The molecule has 5 heteroatoms. The Labute approximate surface area is 126 Å². The SMILES string of the molecule is CCCNc1nc(C)nc(NCc2ccc(C)nc2)c1C. The number of hydrogen-bond acceptors (Lipinski definition) is 5. The minimum absolute atomic E-state index is 0.706. The van der Waals surface area contributed by atoms with E-state index in [1.807, 2.05) is 33.0 Å². The molecule has 2 N–H and O–H groups in total. The molecule has 2 heterocycles. The fraction of sp³-hybridized carbons (Fsp3) is 0.438. The van der Waals surface area contributed by atoms with Gasteiger partial charge < -0.3 is 10.6 Å². The molecule has 0 radical (unpaired) electrons. The number of aryl methyl sites for hydroxylation is 2. The number of pyridine rings is 1. The van der Waals surface area contributed by atoms with Gasteiger partial charge in [-0.3, -0.25) is 4.98 Å². The Morgan fingerprint density at radius 1 is 1.00 bits per heavy atom. The molecule has 2 aromatic rings. The first-order chi connectivity index (χ1) is 10.1. The van der Waals surface area contributed by atoms with Crippen molar-refractivity contribution in [1.29, 1.82) is 0 Å². The number of hydrogen-bond donors (Lipinski definition) is 2. The van der Waals surface area contributed by atoms with Gasteiger partial charge in [-0.2, -0.15) is 0 Å². The lowest BCUT2D eigenvalue weighted by atomic mass is 10.2. The number of aromatic nitrogens is 3. The summed E-state index contributed by atoms with van der Waals surface area (Å²) in [7, 11) is 0. The molecule has 21 heavy (non-hydrogen) atoms. The smallest absolute Gasteiger partial charge is 0.135 e. The van der Waals surface area contributed by atoms with E-state index in [4.69, 9.17) is 0 Å². The van der Waals surface area contributed by atoms with E-state index in [0.29, 0.717) is 6.54 Å². The Morgan fingerprint density at radius 2 is 1.71 bits per heavy atom. The molecule has 0 bridgehead atoms. The van der Waals surface area contributed by atoms with Crippen molar-refractivity contribution in [3.63, 3.8) is 0 Å². The van der Waals surface area contributed by atoms with Crippen molar-refractivity contribution < 1.29 is 0 Å². The summed E-state index contributed by atoms with van der Waals surface area (Å²) in [5, 5.41) is 6.72. The second-order valence-corrected chi connectivity index (χ2v) is 5.18. The molecule has 0 atom stereocenters. The first kappa shape index (κ1) is 15.2. The highest BCUT2D eigenvalue weighted by Crippen LogP contribution is 2.20. The lowest BCUT2D eigenvalue weighted by molar-refractivity contribution is 0.941. The van der Waals surface area contributed by atoms with Gasteiger partial charge in [0, 0.05) is 30.5 Å². The molecule has 0 aromatic carbocycles. The molecule has 0 aliphatic carbocycles. The molecule has 0 aliphatic heterocycles. The number of rotatable bonds is 6. The van der Waals surface area contributed by atoms with Crippen molar-refractivity contribution in [2.24, 2.45) is 0 Å². The summed E-state index contributed by atoms with van der Waals surface area (Å²) in [6.07, 6.45) is 2.96. The van der Waals surface area contributed by atoms with Gasteiger partial charge in [-0.05, 0) is 38.8 Å². The van der Waals surface area contributed by atoms with Crippen molar-refractivity contribution in [3.05, 3.63) is 41.0 Å². The van der Waals surface area contributed by atoms with Crippen molar-refractivity contribution in [1.82, 2.24) is 15.0 Å². The van der Waals surface area contributed by atoms with Gasteiger partial charge in [0.15, 0.2) is 0 Å². The van der Waals surface area contributed by atoms with Crippen LogP contribution in [0.2, 0.25) is 0 Å². The van der Waals surface area contributed by atoms with E-state index in [-0.39, 0.29) is 0 Å². The van der Waals surface area contributed by atoms with E-state index in [9.17, 15) is 0 Å². The highest BCUT2D eigenvalue weighted by Gasteiger charge is 2.08. The molecule has 2 rings (SSSR count). The standard InChI is InChI=1S/C16H23N5/c1-5-8-17-15-12(3)16(21-13(4)20-15)19-10-14-7-6-11(2)18-9-14/h6-7,9H,5,8,10H2,1-4H3,(H2,17,19,20,21). The van der Waals surface area contributed by atoms with Gasteiger partial charge in [-0.15, -0.1) is 0 Å². The normalized spacial score (nSPS) is 10.5. The fourth-order valence-corrected chi connectivity index (χ4v) is 2.00. The average Bonchev–Trinajstić information content (AvgIpc) is 2.48. The van der Waals surface area contributed by atoms with Gasteiger partial charge in [0.25, 0.3) is 0 Å². The van der Waals surface area contributed by atoms with E-state index in [1.165, 1.54) is 0 Å². The van der Waals surface area contributed by atoms with Crippen molar-refractivity contribution in [2.75, 3.05) is 17.2 Å². The highest BCUT2D eigenvalue weighted by molar-refractivity contribution is 5.57. The van der Waals surface area contributed by atoms with E-state index in [1.54, 1.807) is 0 Å². The summed E-state index contributed by atoms with van der Waals surface area (Å²) in [5.41, 5.74) is 3.22. The van der Waals surface area contributed by atoms with Gasteiger partial charge in [0.05, 0.1) is 0 Å². The van der Waals surface area contributed by atoms with Crippen LogP contribution >= 0.6 is 0 Å². The van der Waals surface area contributed by atoms with Crippen LogP contribution in [-0.4, -0.2) is 21.5 Å². The molecule has 0 amide bonds. The third-order valence-electron chi connectivity index (χ3n) is 3.23. The van der Waals surface area contributed by atoms with Gasteiger partial charge in [0.1, 0.15) is 17.5 Å². The van der Waals surface area contributed by atoms with Crippen molar-refractivity contribution in [2.45, 2.75) is 40.7 Å². The third kappa shape index (κ3) is 4.15. The van der Waals surface area contributed by atoms with Crippen LogP contribution < -0.4 is 10.6 Å². The van der Waals surface area contributed by atoms with Gasteiger partial charge in [-0.1, -0.05) is 13.0 Å². The molecule has 0 aliphatic rings. The van der Waals surface area contributed by atoms with Gasteiger partial charge in [-0.25, -0.2) is 9.97 Å². The van der Waals surface area contributed by atoms with Crippen LogP contribution in [0, 0.1) is 20.8 Å². The Hall–Kier alpha value is -2.17. The predicted molar refractivity (Wildman–Crippen MR) is 86.6 cm³/mol. The summed E-state index contributed by atoms with van der Waals surface area (Å²) in [5.74, 6) is 2.55. The Balaban J connectivity index is 2.11. The van der Waals surface area contributed by atoms with Gasteiger partial charge >= 0.3 is 0 Å². The Kier molecular flexibility index (Phi) is 5.09. The minimum atomic E-state index is 0.706. The molecular weight excluding hydrogens is 262 g/mol. The van der Waals surface area contributed by atoms with Crippen LogP contribution in [0.5, 0.6) is 0 Å². The van der Waals surface area contributed by atoms with E-state index in [2.05, 4.69) is 38.6 Å². The first-order valence-electron chi connectivity index (χ1n) is 7.34. The van der Waals surface area contributed by atoms with Crippen LogP contribution in [-0.2, 0) is 6.54 Å². The third-order valence-corrected chi connectivity index (χ3v) is 3.23. The summed E-state index contributed by atoms with van der Waals surface area (Å²) >= 11 is 0. The number of anilines is 2. The van der Waals surface area contributed by atoms with Crippen LogP contribution in [0.1, 0.15) is 36.0 Å². The lowest BCUT2D eigenvalue weighted by Crippen LogP contribution is -2.10. The zero-order chi connectivity index (χ0) is 15.2. The maximum Gasteiger partial charge on any atom is 0.135 e. The van der Waals surface area contributed by atoms with Crippen LogP contribution in [0.4, 0.5) is 11.6 Å². The van der Waals surface area contributed by atoms with Crippen molar-refractivity contribution in [3.8, 4) is 0 Å². The van der Waals surface area contributed by atoms with E-state index in [0.717, 1.165) is 47.2 Å². The molecule has 112 valence electrons. The largest absolute Gasteiger partial charge is 0.370 e. The molecule has 0 saturated heterocycles. The maximum absolute atomic E-state index is 4.49. The second-order valence-electron chi connectivity index (χ2n) is 5.18. The molecule has 0 fully saturated rings. The predicted octanol–water partition coefficient (Wildman–Crippen LogP) is 3.23. The first-order valence-corrected chi connectivity index (χ1v) is 7.34. The molecule has 0 saturated carbocycles. The Morgan fingerprint density at radius 3 is 2.33 bits per heavy atom. The van der Waals surface area contributed by atoms with Crippen molar-refractivity contribution >= 4 is 11.6 Å². The molecular formula is C16H23N5. The maximum atomic E-state index is 4.49. The second kappa shape index (κ2) is 7.02. The van der Waals surface area contributed by atoms with Crippen LogP contribution in [0.15, 0.2) is 18.3 Å².